The van der Waals surface area contributed by atoms with Crippen molar-refractivity contribution in [3.05, 3.63) is 45.9 Å². The minimum atomic E-state index is -0.227. The zero-order valence-electron chi connectivity index (χ0n) is 15.0. The SMILES string of the molecule is COc1cc(/C=N/Nc2nc(C)cc(=O)[nH]2)ccc1OCCC(C)C. The molecule has 0 aliphatic carbocycles. The number of anilines is 1. The minimum absolute atomic E-state index is 0.227. The summed E-state index contributed by atoms with van der Waals surface area (Å²) in [4.78, 5) is 18.1. The van der Waals surface area contributed by atoms with E-state index in [0.29, 0.717) is 35.7 Å². The summed E-state index contributed by atoms with van der Waals surface area (Å²) >= 11 is 0. The van der Waals surface area contributed by atoms with Gasteiger partial charge in [0.05, 0.1) is 19.9 Å². The maximum absolute atomic E-state index is 11.4. The number of hydrazone groups is 1. The molecule has 0 aliphatic rings. The number of aryl methyl sites for hydroxylation is 1. The Balaban J connectivity index is 2.03. The molecule has 7 heteroatoms. The molecule has 0 radical (unpaired) electrons. The van der Waals surface area contributed by atoms with Crippen molar-refractivity contribution in [1.82, 2.24) is 9.97 Å². The maximum Gasteiger partial charge on any atom is 0.252 e. The lowest BCUT2D eigenvalue weighted by Gasteiger charge is -2.12. The van der Waals surface area contributed by atoms with E-state index in [4.69, 9.17) is 9.47 Å². The summed E-state index contributed by atoms with van der Waals surface area (Å²) in [6, 6.07) is 6.98. The van der Waals surface area contributed by atoms with Crippen LogP contribution >= 0.6 is 0 Å². The van der Waals surface area contributed by atoms with E-state index in [-0.39, 0.29) is 5.56 Å². The summed E-state index contributed by atoms with van der Waals surface area (Å²) in [6.07, 6.45) is 2.60. The van der Waals surface area contributed by atoms with Gasteiger partial charge in [-0.2, -0.15) is 5.10 Å². The number of nitrogens with one attached hydrogen (secondary N) is 2. The minimum Gasteiger partial charge on any atom is -0.493 e. The first-order valence-electron chi connectivity index (χ1n) is 8.16. The van der Waals surface area contributed by atoms with Crippen LogP contribution in [0.1, 0.15) is 31.5 Å². The molecule has 1 aromatic carbocycles. The molecule has 1 aromatic heterocycles. The Bertz CT molecular complexity index is 784. The second-order valence-corrected chi connectivity index (χ2v) is 6.05. The molecule has 0 unspecified atom stereocenters. The van der Waals surface area contributed by atoms with Crippen LogP contribution in [0.5, 0.6) is 11.5 Å². The summed E-state index contributed by atoms with van der Waals surface area (Å²) in [5.41, 5.74) is 3.92. The van der Waals surface area contributed by atoms with E-state index in [1.54, 1.807) is 20.2 Å². The molecule has 2 N–H and O–H groups in total. The van der Waals surface area contributed by atoms with Gasteiger partial charge in [-0.05, 0) is 43.0 Å². The predicted octanol–water partition coefficient (Wildman–Crippen LogP) is 2.96. The van der Waals surface area contributed by atoms with Crippen LogP contribution in [0.15, 0.2) is 34.2 Å². The van der Waals surface area contributed by atoms with Crippen molar-refractivity contribution in [3.63, 3.8) is 0 Å². The topological polar surface area (TPSA) is 88.6 Å². The number of hydrogen-bond donors (Lipinski definition) is 2. The molecule has 0 amide bonds. The average Bonchev–Trinajstić information content (AvgIpc) is 2.54. The van der Waals surface area contributed by atoms with Gasteiger partial charge in [0.1, 0.15) is 0 Å². The number of aromatic amines is 1. The van der Waals surface area contributed by atoms with Gasteiger partial charge < -0.3 is 9.47 Å². The highest BCUT2D eigenvalue weighted by molar-refractivity contribution is 5.81. The molecule has 1 heterocycles. The number of nitrogens with zero attached hydrogens (tertiary/aromatic N) is 2. The van der Waals surface area contributed by atoms with Crippen LogP contribution in [-0.2, 0) is 0 Å². The van der Waals surface area contributed by atoms with Crippen LogP contribution in [0.2, 0.25) is 0 Å². The van der Waals surface area contributed by atoms with Crippen molar-refractivity contribution in [2.75, 3.05) is 19.1 Å². The average molecular weight is 344 g/mol. The molecule has 0 bridgehead atoms. The van der Waals surface area contributed by atoms with Gasteiger partial charge in [-0.25, -0.2) is 10.4 Å². The van der Waals surface area contributed by atoms with Gasteiger partial charge in [0.2, 0.25) is 5.95 Å². The Kier molecular flexibility index (Phi) is 6.56. The van der Waals surface area contributed by atoms with Crippen molar-refractivity contribution in [2.45, 2.75) is 27.2 Å². The van der Waals surface area contributed by atoms with Crippen molar-refractivity contribution < 1.29 is 9.47 Å². The second-order valence-electron chi connectivity index (χ2n) is 6.05. The molecule has 0 atom stereocenters. The highest BCUT2D eigenvalue weighted by atomic mass is 16.5. The van der Waals surface area contributed by atoms with Gasteiger partial charge >= 0.3 is 0 Å². The Labute approximate surface area is 147 Å². The molecule has 7 nitrogen and oxygen atoms in total. The normalized spacial score (nSPS) is 11.1. The highest BCUT2D eigenvalue weighted by Gasteiger charge is 2.05. The fourth-order valence-corrected chi connectivity index (χ4v) is 2.09. The van der Waals surface area contributed by atoms with Gasteiger partial charge in [0.25, 0.3) is 5.56 Å². The Morgan fingerprint density at radius 2 is 2.12 bits per heavy atom. The van der Waals surface area contributed by atoms with Gasteiger partial charge in [-0.3, -0.25) is 9.78 Å². The number of methoxy groups -OCH3 is 1. The van der Waals surface area contributed by atoms with E-state index in [0.717, 1.165) is 12.0 Å². The van der Waals surface area contributed by atoms with Crippen LogP contribution in [0.25, 0.3) is 0 Å². The monoisotopic (exact) mass is 344 g/mol. The number of H-pyrrole nitrogens is 1. The van der Waals surface area contributed by atoms with Crippen LogP contribution in [-0.4, -0.2) is 29.9 Å². The summed E-state index contributed by atoms with van der Waals surface area (Å²) in [5, 5.41) is 4.08. The van der Waals surface area contributed by atoms with Crippen LogP contribution < -0.4 is 20.5 Å². The maximum atomic E-state index is 11.4. The van der Waals surface area contributed by atoms with Gasteiger partial charge in [-0.1, -0.05) is 13.8 Å². The van der Waals surface area contributed by atoms with E-state index in [1.807, 2.05) is 18.2 Å². The molecule has 134 valence electrons. The zero-order chi connectivity index (χ0) is 18.2. The standard InChI is InChI=1S/C18H24N4O3/c1-12(2)7-8-25-15-6-5-14(10-16(15)24-4)11-19-22-18-20-13(3)9-17(23)21-18/h5-6,9-12H,7-8H2,1-4H3,(H2,20,21,22,23)/b19-11+. The second kappa shape index (κ2) is 8.86. The fraction of sp³-hybridized carbons (Fsp3) is 0.389. The fourth-order valence-electron chi connectivity index (χ4n) is 2.09. The van der Waals surface area contributed by atoms with Gasteiger partial charge in [0, 0.05) is 11.8 Å². The number of aromatic nitrogens is 2. The van der Waals surface area contributed by atoms with E-state index in [2.05, 4.69) is 34.3 Å². The summed E-state index contributed by atoms with van der Waals surface area (Å²) < 4.78 is 11.1. The molecule has 0 spiro atoms. The molecule has 0 fully saturated rings. The van der Waals surface area contributed by atoms with Crippen LogP contribution in [0.3, 0.4) is 0 Å². The summed E-state index contributed by atoms with van der Waals surface area (Å²) in [7, 11) is 1.60. The smallest absolute Gasteiger partial charge is 0.252 e. The van der Waals surface area contributed by atoms with Crippen molar-refractivity contribution >= 4 is 12.2 Å². The van der Waals surface area contributed by atoms with E-state index >= 15 is 0 Å². The van der Waals surface area contributed by atoms with Crippen molar-refractivity contribution in [3.8, 4) is 11.5 Å². The zero-order valence-corrected chi connectivity index (χ0v) is 15.0. The first-order valence-corrected chi connectivity index (χ1v) is 8.16. The van der Waals surface area contributed by atoms with E-state index < -0.39 is 0 Å². The summed E-state index contributed by atoms with van der Waals surface area (Å²) in [6.45, 7) is 6.70. The van der Waals surface area contributed by atoms with Crippen LogP contribution in [0, 0.1) is 12.8 Å². The third-order valence-electron chi connectivity index (χ3n) is 3.39. The molecular weight excluding hydrogens is 320 g/mol. The Hall–Kier alpha value is -2.83. The van der Waals surface area contributed by atoms with E-state index in [9.17, 15) is 4.79 Å². The van der Waals surface area contributed by atoms with Crippen molar-refractivity contribution in [2.24, 2.45) is 11.0 Å². The molecule has 2 rings (SSSR count). The Morgan fingerprint density at radius 3 is 2.80 bits per heavy atom. The quantitative estimate of drug-likeness (QED) is 0.568. The van der Waals surface area contributed by atoms with E-state index in [1.165, 1.54) is 6.07 Å². The van der Waals surface area contributed by atoms with Crippen molar-refractivity contribution in [1.29, 1.82) is 0 Å². The third kappa shape index (κ3) is 5.95. The first kappa shape index (κ1) is 18.5. The molecule has 0 saturated heterocycles. The number of hydrogen-bond acceptors (Lipinski definition) is 6. The first-order chi connectivity index (χ1) is 12.0. The number of ether oxygens (including phenoxy) is 2. The van der Waals surface area contributed by atoms with Crippen LogP contribution in [0.4, 0.5) is 5.95 Å². The third-order valence-corrected chi connectivity index (χ3v) is 3.39. The Morgan fingerprint density at radius 1 is 1.32 bits per heavy atom. The molecule has 0 saturated carbocycles. The summed E-state index contributed by atoms with van der Waals surface area (Å²) in [5.74, 6) is 2.24. The molecule has 25 heavy (non-hydrogen) atoms. The predicted molar refractivity (Wildman–Crippen MR) is 98.8 cm³/mol. The largest absolute Gasteiger partial charge is 0.493 e. The van der Waals surface area contributed by atoms with Gasteiger partial charge in [-0.15, -0.1) is 0 Å². The van der Waals surface area contributed by atoms with Gasteiger partial charge in [0.15, 0.2) is 11.5 Å². The lowest BCUT2D eigenvalue weighted by atomic mass is 10.1. The number of benzene rings is 1. The molecule has 0 aliphatic heterocycles. The molecule has 2 aromatic rings. The highest BCUT2D eigenvalue weighted by Crippen LogP contribution is 2.27. The lowest BCUT2D eigenvalue weighted by Crippen LogP contribution is -2.10. The lowest BCUT2D eigenvalue weighted by molar-refractivity contribution is 0.273. The molecular formula is C18H24N4O3. The number of rotatable bonds is 8.